The number of hydrogen-bond acceptors (Lipinski definition) is 6. The van der Waals surface area contributed by atoms with Gasteiger partial charge in [0, 0.05) is 10.6 Å². The van der Waals surface area contributed by atoms with E-state index in [1.165, 1.54) is 16.7 Å². The summed E-state index contributed by atoms with van der Waals surface area (Å²) in [6.07, 6.45) is 1.68. The van der Waals surface area contributed by atoms with Crippen molar-refractivity contribution in [3.63, 3.8) is 0 Å². The van der Waals surface area contributed by atoms with Crippen LogP contribution in [0.2, 0.25) is 5.02 Å². The molecule has 4 rings (SSSR count). The van der Waals surface area contributed by atoms with Gasteiger partial charge in [-0.05, 0) is 54.5 Å². The Hall–Kier alpha value is -3.33. The zero-order chi connectivity index (χ0) is 25.7. The molecule has 1 aliphatic heterocycles. The van der Waals surface area contributed by atoms with E-state index in [9.17, 15) is 9.59 Å². The maximum absolute atomic E-state index is 13.1. The molecule has 1 amide bonds. The zero-order valence-electron chi connectivity index (χ0n) is 19.3. The second-order valence-corrected chi connectivity index (χ2v) is 9.86. The first kappa shape index (κ1) is 25.8. The molecule has 0 saturated carbocycles. The first-order chi connectivity index (χ1) is 17.4. The molecule has 0 unspecified atom stereocenters. The van der Waals surface area contributed by atoms with Crippen molar-refractivity contribution in [1.82, 2.24) is 0 Å². The molecule has 0 spiro atoms. The summed E-state index contributed by atoms with van der Waals surface area (Å²) >= 11 is 12.9. The number of thioether (sulfide) groups is 1. The molecular weight excluding hydrogens is 518 g/mol. The van der Waals surface area contributed by atoms with E-state index in [1.807, 2.05) is 43.3 Å². The Morgan fingerprint density at radius 3 is 2.53 bits per heavy atom. The smallest absolute Gasteiger partial charge is 0.307 e. The normalized spacial score (nSPS) is 14.4. The lowest BCUT2D eigenvalue weighted by Crippen LogP contribution is -2.27. The number of halogens is 1. The van der Waals surface area contributed by atoms with Crippen molar-refractivity contribution in [2.75, 3.05) is 11.5 Å². The molecule has 0 aromatic heterocycles. The number of amides is 1. The van der Waals surface area contributed by atoms with E-state index >= 15 is 0 Å². The molecule has 36 heavy (non-hydrogen) atoms. The molecular formula is C27H22ClNO5S2. The van der Waals surface area contributed by atoms with E-state index in [-0.39, 0.29) is 12.3 Å². The number of carbonyl (C=O) groups is 2. The van der Waals surface area contributed by atoms with Gasteiger partial charge in [0.15, 0.2) is 15.8 Å². The predicted octanol–water partition coefficient (Wildman–Crippen LogP) is 6.35. The molecule has 0 bridgehead atoms. The summed E-state index contributed by atoms with van der Waals surface area (Å²) in [5, 5.41) is 9.58. The Morgan fingerprint density at radius 2 is 1.83 bits per heavy atom. The van der Waals surface area contributed by atoms with Crippen LogP contribution in [0.25, 0.3) is 6.08 Å². The standard InChI is InChI=1S/C27H22ClNO5S2/c1-2-33-23-13-18(9-12-22(23)34-16-19-5-3-4-6-21(19)28)14-24-26(32)29(27(35)36-24)20-10-7-17(8-11-20)15-25(30)31/h3-14H,2,15-16H2,1H3,(H,30,31)/b24-14-. The summed E-state index contributed by atoms with van der Waals surface area (Å²) in [5.74, 6) is -0.0262. The van der Waals surface area contributed by atoms with Gasteiger partial charge in [-0.3, -0.25) is 14.5 Å². The number of rotatable bonds is 9. The number of carboxylic acid groups (broad SMARTS) is 1. The van der Waals surface area contributed by atoms with Crippen molar-refractivity contribution in [1.29, 1.82) is 0 Å². The Morgan fingerprint density at radius 1 is 1.08 bits per heavy atom. The predicted molar refractivity (Wildman–Crippen MR) is 147 cm³/mol. The fourth-order valence-electron chi connectivity index (χ4n) is 3.55. The van der Waals surface area contributed by atoms with Crippen LogP contribution in [0, 0.1) is 0 Å². The highest BCUT2D eigenvalue weighted by Crippen LogP contribution is 2.37. The largest absolute Gasteiger partial charge is 0.490 e. The van der Waals surface area contributed by atoms with Gasteiger partial charge in [0.1, 0.15) is 6.61 Å². The molecule has 9 heteroatoms. The quantitative estimate of drug-likeness (QED) is 0.251. The highest BCUT2D eigenvalue weighted by Gasteiger charge is 2.33. The van der Waals surface area contributed by atoms with Crippen molar-refractivity contribution in [2.24, 2.45) is 0 Å². The minimum atomic E-state index is -0.914. The molecule has 1 heterocycles. The van der Waals surface area contributed by atoms with Gasteiger partial charge >= 0.3 is 5.97 Å². The monoisotopic (exact) mass is 539 g/mol. The second kappa shape index (κ2) is 11.6. The van der Waals surface area contributed by atoms with Gasteiger partial charge in [-0.15, -0.1) is 0 Å². The van der Waals surface area contributed by atoms with Crippen molar-refractivity contribution in [3.8, 4) is 11.5 Å². The number of thiocarbonyl (C=S) groups is 1. The van der Waals surface area contributed by atoms with E-state index in [0.717, 1.165) is 11.1 Å². The lowest BCUT2D eigenvalue weighted by molar-refractivity contribution is -0.136. The molecule has 3 aromatic rings. The molecule has 3 aromatic carbocycles. The topological polar surface area (TPSA) is 76.1 Å². The fourth-order valence-corrected chi connectivity index (χ4v) is 5.04. The average molecular weight is 540 g/mol. The maximum atomic E-state index is 13.1. The highest BCUT2D eigenvalue weighted by atomic mass is 35.5. The van der Waals surface area contributed by atoms with Crippen LogP contribution in [-0.2, 0) is 22.6 Å². The highest BCUT2D eigenvalue weighted by molar-refractivity contribution is 8.27. The van der Waals surface area contributed by atoms with Crippen molar-refractivity contribution in [3.05, 3.63) is 93.3 Å². The van der Waals surface area contributed by atoms with Crippen LogP contribution in [0.1, 0.15) is 23.6 Å². The zero-order valence-corrected chi connectivity index (χ0v) is 21.7. The Bertz CT molecular complexity index is 1340. The molecule has 1 N–H and O–H groups in total. The van der Waals surface area contributed by atoms with Crippen molar-refractivity contribution >= 4 is 63.5 Å². The van der Waals surface area contributed by atoms with Gasteiger partial charge in [-0.2, -0.15) is 0 Å². The first-order valence-electron chi connectivity index (χ1n) is 11.1. The molecule has 1 saturated heterocycles. The van der Waals surface area contributed by atoms with Crippen LogP contribution < -0.4 is 14.4 Å². The number of nitrogens with zero attached hydrogens (tertiary/aromatic N) is 1. The van der Waals surface area contributed by atoms with Crippen molar-refractivity contribution < 1.29 is 24.2 Å². The summed E-state index contributed by atoms with van der Waals surface area (Å²) in [4.78, 5) is 26.0. The van der Waals surface area contributed by atoms with E-state index in [2.05, 4.69) is 0 Å². The first-order valence-corrected chi connectivity index (χ1v) is 12.7. The molecule has 0 radical (unpaired) electrons. The van der Waals surface area contributed by atoms with Gasteiger partial charge < -0.3 is 14.6 Å². The van der Waals surface area contributed by atoms with E-state index < -0.39 is 5.97 Å². The number of benzene rings is 3. The number of anilines is 1. The third-order valence-corrected chi connectivity index (χ3v) is 6.92. The van der Waals surface area contributed by atoms with Crippen LogP contribution in [-0.4, -0.2) is 27.9 Å². The van der Waals surface area contributed by atoms with Gasteiger partial charge in [-0.1, -0.05) is 72.0 Å². The molecule has 1 fully saturated rings. The molecule has 184 valence electrons. The van der Waals surface area contributed by atoms with Crippen molar-refractivity contribution in [2.45, 2.75) is 20.0 Å². The summed E-state index contributed by atoms with van der Waals surface area (Å²) in [7, 11) is 0. The second-order valence-electron chi connectivity index (χ2n) is 7.77. The third kappa shape index (κ3) is 6.07. The number of hydrogen-bond donors (Lipinski definition) is 1. The summed E-state index contributed by atoms with van der Waals surface area (Å²) in [6.45, 7) is 2.63. The number of carboxylic acids is 1. The van der Waals surface area contributed by atoms with E-state index in [1.54, 1.807) is 36.4 Å². The van der Waals surface area contributed by atoms with E-state index in [4.69, 9.17) is 38.4 Å². The third-order valence-electron chi connectivity index (χ3n) is 5.25. The van der Waals surface area contributed by atoms with Gasteiger partial charge in [-0.25, -0.2) is 0 Å². The van der Waals surface area contributed by atoms with Crippen LogP contribution in [0.5, 0.6) is 11.5 Å². The van der Waals surface area contributed by atoms with Gasteiger partial charge in [0.25, 0.3) is 5.91 Å². The summed E-state index contributed by atoms with van der Waals surface area (Å²) < 4.78 is 12.1. The lowest BCUT2D eigenvalue weighted by atomic mass is 10.1. The van der Waals surface area contributed by atoms with Crippen LogP contribution in [0.3, 0.4) is 0 Å². The SMILES string of the molecule is CCOc1cc(/C=C2\SC(=S)N(c3ccc(CC(=O)O)cc3)C2=O)ccc1OCc1ccccc1Cl. The van der Waals surface area contributed by atoms with Crippen LogP contribution in [0.4, 0.5) is 5.69 Å². The van der Waals surface area contributed by atoms with Gasteiger partial charge in [0.05, 0.1) is 23.6 Å². The Kier molecular flexibility index (Phi) is 8.30. The lowest BCUT2D eigenvalue weighted by Gasteiger charge is -2.15. The Balaban J connectivity index is 1.53. The minimum Gasteiger partial charge on any atom is -0.490 e. The minimum absolute atomic E-state index is 0.0845. The fraction of sp³-hybridized carbons (Fsp3) is 0.148. The number of ether oxygens (including phenoxy) is 2. The maximum Gasteiger partial charge on any atom is 0.307 e. The van der Waals surface area contributed by atoms with Crippen LogP contribution in [0.15, 0.2) is 71.6 Å². The molecule has 1 aliphatic rings. The number of aliphatic carboxylic acids is 1. The number of carbonyl (C=O) groups excluding carboxylic acids is 1. The van der Waals surface area contributed by atoms with E-state index in [0.29, 0.717) is 50.2 Å². The Labute approximate surface area is 223 Å². The molecule has 6 nitrogen and oxygen atoms in total. The van der Waals surface area contributed by atoms with Gasteiger partial charge in [0.2, 0.25) is 0 Å². The summed E-state index contributed by atoms with van der Waals surface area (Å²) in [6, 6.07) is 19.7. The molecule has 0 atom stereocenters. The summed E-state index contributed by atoms with van der Waals surface area (Å²) in [5.41, 5.74) is 2.87. The molecule has 0 aliphatic carbocycles. The average Bonchev–Trinajstić information content (AvgIpc) is 3.12. The van der Waals surface area contributed by atoms with Crippen LogP contribution >= 0.6 is 35.6 Å².